The number of hydrogen-bond donors (Lipinski definition) is 2. The second-order valence-electron chi connectivity index (χ2n) is 5.12. The number of aliphatic hydroxyl groups excluding tert-OH is 1. The third-order valence-corrected chi connectivity index (χ3v) is 3.45. The summed E-state index contributed by atoms with van der Waals surface area (Å²) in [6.07, 6.45) is 3.28. The zero-order valence-corrected chi connectivity index (χ0v) is 11.5. The van der Waals surface area contributed by atoms with E-state index in [1.165, 1.54) is 26.1 Å². The second-order valence-corrected chi connectivity index (χ2v) is 5.12. The molecule has 102 valence electrons. The van der Waals surface area contributed by atoms with Gasteiger partial charge in [-0.25, -0.2) is 0 Å². The van der Waals surface area contributed by atoms with Crippen molar-refractivity contribution >= 4 is 0 Å². The SMILES string of the molecule is CCCNC(CCO)CN1CCCN(C)CC1. The van der Waals surface area contributed by atoms with Gasteiger partial charge in [0.1, 0.15) is 0 Å². The first-order valence-electron chi connectivity index (χ1n) is 7.01. The molecule has 0 spiro atoms. The molecular weight excluding hydrogens is 214 g/mol. The highest BCUT2D eigenvalue weighted by Crippen LogP contribution is 2.04. The van der Waals surface area contributed by atoms with Crippen LogP contribution in [0.3, 0.4) is 0 Å². The van der Waals surface area contributed by atoms with Crippen molar-refractivity contribution in [2.75, 3.05) is 52.9 Å². The quantitative estimate of drug-likeness (QED) is 0.678. The summed E-state index contributed by atoms with van der Waals surface area (Å²) in [5.41, 5.74) is 0. The highest BCUT2D eigenvalue weighted by atomic mass is 16.3. The van der Waals surface area contributed by atoms with Crippen molar-refractivity contribution in [3.63, 3.8) is 0 Å². The third kappa shape index (κ3) is 6.36. The molecule has 0 aliphatic carbocycles. The second kappa shape index (κ2) is 8.86. The maximum Gasteiger partial charge on any atom is 0.0446 e. The standard InChI is InChI=1S/C13H29N3O/c1-3-6-14-13(5-11-17)12-16-8-4-7-15(2)9-10-16/h13-14,17H,3-12H2,1-2H3. The lowest BCUT2D eigenvalue weighted by atomic mass is 10.2. The van der Waals surface area contributed by atoms with E-state index in [0.717, 1.165) is 32.5 Å². The molecule has 0 bridgehead atoms. The van der Waals surface area contributed by atoms with Crippen molar-refractivity contribution in [3.8, 4) is 0 Å². The van der Waals surface area contributed by atoms with Crippen molar-refractivity contribution < 1.29 is 5.11 Å². The minimum Gasteiger partial charge on any atom is -0.396 e. The summed E-state index contributed by atoms with van der Waals surface area (Å²) in [6.45, 7) is 9.33. The van der Waals surface area contributed by atoms with Crippen molar-refractivity contribution in [2.24, 2.45) is 0 Å². The smallest absolute Gasteiger partial charge is 0.0446 e. The molecule has 2 N–H and O–H groups in total. The minimum absolute atomic E-state index is 0.287. The number of hydrogen-bond acceptors (Lipinski definition) is 4. The van der Waals surface area contributed by atoms with Crippen LogP contribution in [0, 0.1) is 0 Å². The van der Waals surface area contributed by atoms with Gasteiger partial charge in [-0.2, -0.15) is 0 Å². The lowest BCUT2D eigenvalue weighted by molar-refractivity contribution is 0.211. The molecule has 1 fully saturated rings. The van der Waals surface area contributed by atoms with Crippen LogP contribution in [-0.2, 0) is 0 Å². The van der Waals surface area contributed by atoms with Gasteiger partial charge in [0, 0.05) is 32.3 Å². The zero-order valence-electron chi connectivity index (χ0n) is 11.5. The third-order valence-electron chi connectivity index (χ3n) is 3.45. The molecule has 1 aliphatic rings. The van der Waals surface area contributed by atoms with Crippen molar-refractivity contribution in [1.29, 1.82) is 0 Å². The summed E-state index contributed by atoms with van der Waals surface area (Å²) in [5, 5.41) is 12.6. The molecule has 1 aliphatic heterocycles. The first kappa shape index (κ1) is 14.9. The number of nitrogens with one attached hydrogen (secondary N) is 1. The Morgan fingerprint density at radius 3 is 2.76 bits per heavy atom. The molecule has 1 rings (SSSR count). The zero-order chi connectivity index (χ0) is 12.5. The van der Waals surface area contributed by atoms with Gasteiger partial charge in [0.25, 0.3) is 0 Å². The summed E-state index contributed by atoms with van der Waals surface area (Å²) in [7, 11) is 2.20. The van der Waals surface area contributed by atoms with E-state index in [0.29, 0.717) is 6.04 Å². The largest absolute Gasteiger partial charge is 0.396 e. The van der Waals surface area contributed by atoms with E-state index >= 15 is 0 Å². The monoisotopic (exact) mass is 243 g/mol. The first-order chi connectivity index (χ1) is 8.26. The molecule has 1 saturated heterocycles. The van der Waals surface area contributed by atoms with E-state index in [2.05, 4.69) is 29.1 Å². The Balaban J connectivity index is 2.31. The van der Waals surface area contributed by atoms with E-state index in [1.807, 2.05) is 0 Å². The van der Waals surface area contributed by atoms with Crippen LogP contribution in [0.2, 0.25) is 0 Å². The Labute approximate surface area is 106 Å². The molecule has 0 aromatic rings. The molecule has 4 heteroatoms. The fourth-order valence-corrected chi connectivity index (χ4v) is 2.36. The average molecular weight is 243 g/mol. The molecule has 0 amide bonds. The van der Waals surface area contributed by atoms with Crippen LogP contribution in [0.25, 0.3) is 0 Å². The molecule has 1 unspecified atom stereocenters. The van der Waals surface area contributed by atoms with E-state index in [1.54, 1.807) is 0 Å². The summed E-state index contributed by atoms with van der Waals surface area (Å²) >= 11 is 0. The molecule has 0 saturated carbocycles. The lowest BCUT2D eigenvalue weighted by Gasteiger charge is -2.26. The highest BCUT2D eigenvalue weighted by Gasteiger charge is 2.16. The topological polar surface area (TPSA) is 38.7 Å². The van der Waals surface area contributed by atoms with Gasteiger partial charge in [0.05, 0.1) is 0 Å². The summed E-state index contributed by atoms with van der Waals surface area (Å²) in [6, 6.07) is 0.448. The van der Waals surface area contributed by atoms with Crippen molar-refractivity contribution in [1.82, 2.24) is 15.1 Å². The van der Waals surface area contributed by atoms with Crippen LogP contribution in [0.4, 0.5) is 0 Å². The van der Waals surface area contributed by atoms with Gasteiger partial charge < -0.3 is 20.2 Å². The van der Waals surface area contributed by atoms with Gasteiger partial charge in [-0.15, -0.1) is 0 Å². The van der Waals surface area contributed by atoms with Gasteiger partial charge >= 0.3 is 0 Å². The Morgan fingerprint density at radius 1 is 1.24 bits per heavy atom. The Bertz CT molecular complexity index is 188. The van der Waals surface area contributed by atoms with E-state index in [9.17, 15) is 0 Å². The van der Waals surface area contributed by atoms with Gasteiger partial charge in [-0.3, -0.25) is 0 Å². The van der Waals surface area contributed by atoms with Gasteiger partial charge in [-0.05, 0) is 45.9 Å². The molecule has 0 aromatic carbocycles. The maximum atomic E-state index is 9.10. The van der Waals surface area contributed by atoms with Crippen molar-refractivity contribution in [3.05, 3.63) is 0 Å². The number of aliphatic hydroxyl groups is 1. The van der Waals surface area contributed by atoms with E-state index < -0.39 is 0 Å². The molecular formula is C13H29N3O. The number of nitrogens with zero attached hydrogens (tertiary/aromatic N) is 2. The Morgan fingerprint density at radius 2 is 2.06 bits per heavy atom. The molecule has 17 heavy (non-hydrogen) atoms. The average Bonchev–Trinajstić information content (AvgIpc) is 2.52. The molecule has 1 atom stereocenters. The van der Waals surface area contributed by atoms with Gasteiger partial charge in [0.15, 0.2) is 0 Å². The number of likely N-dealkylation sites (N-methyl/N-ethyl adjacent to an activating group) is 1. The first-order valence-corrected chi connectivity index (χ1v) is 7.01. The molecule has 1 heterocycles. The Hall–Kier alpha value is -0.160. The van der Waals surface area contributed by atoms with Crippen LogP contribution < -0.4 is 5.32 Å². The fraction of sp³-hybridized carbons (Fsp3) is 1.00. The molecule has 0 aromatic heterocycles. The van der Waals surface area contributed by atoms with E-state index in [-0.39, 0.29) is 6.61 Å². The Kier molecular flexibility index (Phi) is 7.77. The predicted molar refractivity (Wildman–Crippen MR) is 72.3 cm³/mol. The molecule has 4 nitrogen and oxygen atoms in total. The normalized spacial score (nSPS) is 21.4. The summed E-state index contributed by atoms with van der Waals surface area (Å²) < 4.78 is 0. The van der Waals surface area contributed by atoms with Crippen LogP contribution in [0.5, 0.6) is 0 Å². The van der Waals surface area contributed by atoms with Crippen LogP contribution in [0.15, 0.2) is 0 Å². The van der Waals surface area contributed by atoms with Gasteiger partial charge in [-0.1, -0.05) is 6.92 Å². The fourth-order valence-electron chi connectivity index (χ4n) is 2.36. The van der Waals surface area contributed by atoms with Crippen LogP contribution in [0.1, 0.15) is 26.2 Å². The predicted octanol–water partition coefficient (Wildman–Crippen LogP) is 0.375. The maximum absolute atomic E-state index is 9.10. The summed E-state index contributed by atoms with van der Waals surface area (Å²) in [4.78, 5) is 4.94. The summed E-state index contributed by atoms with van der Waals surface area (Å²) in [5.74, 6) is 0. The van der Waals surface area contributed by atoms with Gasteiger partial charge in [0.2, 0.25) is 0 Å². The number of rotatable bonds is 7. The minimum atomic E-state index is 0.287. The van der Waals surface area contributed by atoms with E-state index in [4.69, 9.17) is 5.11 Å². The highest BCUT2D eigenvalue weighted by molar-refractivity contribution is 4.75. The lowest BCUT2D eigenvalue weighted by Crippen LogP contribution is -2.43. The van der Waals surface area contributed by atoms with Crippen molar-refractivity contribution in [2.45, 2.75) is 32.2 Å². The molecule has 0 radical (unpaired) electrons. The van der Waals surface area contributed by atoms with Crippen LogP contribution in [-0.4, -0.2) is 73.9 Å². The van der Waals surface area contributed by atoms with Crippen LogP contribution >= 0.6 is 0 Å².